The molecule has 136 valence electrons. The molecule has 0 bridgehead atoms. The van der Waals surface area contributed by atoms with E-state index in [1.54, 1.807) is 11.8 Å². The number of rotatable bonds is 10. The fourth-order valence-corrected chi connectivity index (χ4v) is 3.32. The minimum Gasteiger partial charge on any atom is -0.189 e. The molecule has 2 heteroatoms. The monoisotopic (exact) mass is 348 g/mol. The summed E-state index contributed by atoms with van der Waals surface area (Å²) in [5.41, 5.74) is 2.83. The fourth-order valence-electron chi connectivity index (χ4n) is 3.32. The van der Waals surface area contributed by atoms with Crippen molar-refractivity contribution in [2.24, 2.45) is 11.8 Å². The number of hydrogen-bond acceptors (Lipinski definition) is 0. The van der Waals surface area contributed by atoms with Gasteiger partial charge in [0.1, 0.15) is 0 Å². The molecule has 0 spiro atoms. The van der Waals surface area contributed by atoms with Crippen molar-refractivity contribution in [3.8, 4) is 0 Å². The van der Waals surface area contributed by atoms with Gasteiger partial charge in [-0.05, 0) is 0 Å². The molecule has 0 aromatic heterocycles. The van der Waals surface area contributed by atoms with E-state index in [9.17, 15) is 0 Å². The van der Waals surface area contributed by atoms with Gasteiger partial charge in [-0.25, -0.2) is 0 Å². The molecular weight excluding hydrogens is 314 g/mol. The Morgan fingerprint density at radius 1 is 0.630 bits per heavy atom. The first kappa shape index (κ1) is 26.4. The molecule has 0 aliphatic heterocycles. The maximum absolute atomic E-state index is 2.37. The zero-order valence-electron chi connectivity index (χ0n) is 18.5. The van der Waals surface area contributed by atoms with Crippen LogP contribution in [-0.4, -0.2) is 0 Å². The van der Waals surface area contributed by atoms with Gasteiger partial charge in [-0.1, -0.05) is 77.3 Å². The van der Waals surface area contributed by atoms with Crippen LogP contribution in [0, 0.1) is 23.7 Å². The molecule has 2 atom stereocenters. The Kier molecular flexibility index (Phi) is 14.1. The van der Waals surface area contributed by atoms with Crippen LogP contribution >= 0.6 is 0 Å². The summed E-state index contributed by atoms with van der Waals surface area (Å²) in [4.78, 5) is 0. The first-order chi connectivity index (χ1) is 12.1. The number of hydrogen-bond donors (Lipinski definition) is 0. The molecule has 0 amide bonds. The minimum absolute atomic E-state index is 0. The molecule has 0 heterocycles. The second kappa shape index (κ2) is 14.4. The van der Waals surface area contributed by atoms with Crippen molar-refractivity contribution in [3.05, 3.63) is 83.6 Å². The Hall–Kier alpha value is -0.625. The molecule has 2 rings (SSSR count). The molecular formula is C25H34Li2. The van der Waals surface area contributed by atoms with E-state index in [2.05, 4.69) is 88.4 Å². The Balaban J connectivity index is 0.00000338. The van der Waals surface area contributed by atoms with Gasteiger partial charge in [-0.3, -0.25) is 0 Å². The third kappa shape index (κ3) is 8.94. The summed E-state index contributed by atoms with van der Waals surface area (Å²) in [6.07, 6.45) is 5.96. The Labute approximate surface area is 192 Å². The molecule has 0 nitrogen and oxygen atoms in total. The van der Waals surface area contributed by atoms with Gasteiger partial charge in [0.2, 0.25) is 0 Å². The first-order valence-electron chi connectivity index (χ1n) is 9.94. The molecule has 0 saturated carbocycles. The van der Waals surface area contributed by atoms with Gasteiger partial charge < -0.3 is 0 Å². The molecule has 27 heavy (non-hydrogen) atoms. The average molecular weight is 348 g/mol. The van der Waals surface area contributed by atoms with Gasteiger partial charge in [0.05, 0.1) is 0 Å². The third-order valence-corrected chi connectivity index (χ3v) is 5.37. The van der Waals surface area contributed by atoms with Crippen LogP contribution < -0.4 is 37.7 Å². The summed E-state index contributed by atoms with van der Waals surface area (Å²) in [6, 6.07) is 22.0. The zero-order chi connectivity index (χ0) is 18.1. The van der Waals surface area contributed by atoms with Crippen molar-refractivity contribution in [1.82, 2.24) is 0 Å². The van der Waals surface area contributed by atoms with E-state index in [1.807, 2.05) is 0 Å². The van der Waals surface area contributed by atoms with Crippen LogP contribution in [0.25, 0.3) is 0 Å². The minimum atomic E-state index is 0. The average Bonchev–Trinajstić information content (AvgIpc) is 2.67. The molecule has 0 saturated heterocycles. The van der Waals surface area contributed by atoms with E-state index >= 15 is 0 Å². The van der Waals surface area contributed by atoms with E-state index in [0.717, 1.165) is 18.3 Å². The summed E-state index contributed by atoms with van der Waals surface area (Å²) in [6.45, 7) is 9.35. The molecule has 2 aromatic rings. The summed E-state index contributed by atoms with van der Waals surface area (Å²) in [5, 5.41) is 0. The van der Waals surface area contributed by atoms with Gasteiger partial charge in [0.15, 0.2) is 0 Å². The molecule has 0 N–H and O–H groups in total. The molecule has 0 aliphatic rings. The van der Waals surface area contributed by atoms with E-state index in [-0.39, 0.29) is 37.7 Å². The molecule has 0 radical (unpaired) electrons. The summed E-state index contributed by atoms with van der Waals surface area (Å²) < 4.78 is 0. The second-order valence-corrected chi connectivity index (χ2v) is 7.55. The van der Waals surface area contributed by atoms with Crippen molar-refractivity contribution in [3.63, 3.8) is 0 Å². The normalized spacial score (nSPS) is 12.3. The van der Waals surface area contributed by atoms with Crippen LogP contribution in [0.5, 0.6) is 0 Å². The molecule has 0 fully saturated rings. The SMILES string of the molecule is CCC(C)C[C-](C[C-](CC(C)CC)c1ccccc1)c1ccccc1.[Li+].[Li+]. The molecule has 0 aliphatic carbocycles. The number of benzene rings is 2. The third-order valence-electron chi connectivity index (χ3n) is 5.37. The summed E-state index contributed by atoms with van der Waals surface area (Å²) in [7, 11) is 0. The fraction of sp³-hybridized carbons (Fsp3) is 0.440. The van der Waals surface area contributed by atoms with Crippen LogP contribution in [0.4, 0.5) is 0 Å². The largest absolute Gasteiger partial charge is 1.00 e. The Bertz CT molecular complexity index is 528. The van der Waals surface area contributed by atoms with Gasteiger partial charge in [-0.2, -0.15) is 47.2 Å². The van der Waals surface area contributed by atoms with Crippen molar-refractivity contribution < 1.29 is 37.7 Å². The Morgan fingerprint density at radius 2 is 0.963 bits per heavy atom. The topological polar surface area (TPSA) is 0 Å². The van der Waals surface area contributed by atoms with Crippen LogP contribution in [0.15, 0.2) is 60.7 Å². The van der Waals surface area contributed by atoms with Gasteiger partial charge in [-0.15, -0.1) is 30.7 Å². The van der Waals surface area contributed by atoms with Crippen LogP contribution in [0.1, 0.15) is 70.9 Å². The van der Waals surface area contributed by atoms with Gasteiger partial charge in [0.25, 0.3) is 0 Å². The van der Waals surface area contributed by atoms with E-state index in [4.69, 9.17) is 0 Å². The maximum atomic E-state index is 2.37. The van der Waals surface area contributed by atoms with Crippen molar-refractivity contribution in [1.29, 1.82) is 0 Å². The van der Waals surface area contributed by atoms with Crippen LogP contribution in [0.2, 0.25) is 0 Å². The predicted molar refractivity (Wildman–Crippen MR) is 110 cm³/mol. The smallest absolute Gasteiger partial charge is 0.189 e. The van der Waals surface area contributed by atoms with E-state index in [1.165, 1.54) is 36.8 Å². The van der Waals surface area contributed by atoms with Crippen LogP contribution in [-0.2, 0) is 0 Å². The van der Waals surface area contributed by atoms with Crippen molar-refractivity contribution in [2.45, 2.75) is 59.8 Å². The Morgan fingerprint density at radius 3 is 1.26 bits per heavy atom. The van der Waals surface area contributed by atoms with Gasteiger partial charge in [0, 0.05) is 0 Å². The van der Waals surface area contributed by atoms with Crippen molar-refractivity contribution in [2.75, 3.05) is 0 Å². The van der Waals surface area contributed by atoms with E-state index in [0.29, 0.717) is 0 Å². The summed E-state index contributed by atoms with van der Waals surface area (Å²) in [5.74, 6) is 4.65. The van der Waals surface area contributed by atoms with Gasteiger partial charge >= 0.3 is 37.7 Å². The molecule has 2 unspecified atom stereocenters. The van der Waals surface area contributed by atoms with Crippen molar-refractivity contribution >= 4 is 0 Å². The quantitative estimate of drug-likeness (QED) is 0.451. The van der Waals surface area contributed by atoms with E-state index < -0.39 is 0 Å². The second-order valence-electron chi connectivity index (χ2n) is 7.55. The predicted octanol–water partition coefficient (Wildman–Crippen LogP) is 1.50. The molecule has 2 aromatic carbocycles. The van der Waals surface area contributed by atoms with Crippen LogP contribution in [0.3, 0.4) is 0 Å². The zero-order valence-corrected chi connectivity index (χ0v) is 18.5. The standard InChI is InChI=1S/C25H34.2Li/c1-5-20(3)17-24(22-13-9-7-10-14-22)19-25(18-21(4)6-2)23-15-11-8-12-16-23;;/h7-16,20-21H,5-6,17-19H2,1-4H3;;/q-2;2*+1. The first-order valence-corrected chi connectivity index (χ1v) is 9.94. The maximum Gasteiger partial charge on any atom is 1.00 e. The summed E-state index contributed by atoms with van der Waals surface area (Å²) >= 11 is 0.